The minimum Gasteiger partial charge on any atom is -0.316 e. The lowest BCUT2D eigenvalue weighted by molar-refractivity contribution is 0.340. The minimum atomic E-state index is 0.786. The highest BCUT2D eigenvalue weighted by Gasteiger charge is 2.19. The molecule has 2 aromatic rings. The van der Waals surface area contributed by atoms with Crippen molar-refractivity contribution in [3.63, 3.8) is 0 Å². The van der Waals surface area contributed by atoms with Crippen LogP contribution in [0.1, 0.15) is 5.69 Å². The van der Waals surface area contributed by atoms with Gasteiger partial charge < -0.3 is 5.32 Å². The molecule has 88 valence electrons. The highest BCUT2D eigenvalue weighted by atomic mass is 15.3. The maximum absolute atomic E-state index is 4.59. The van der Waals surface area contributed by atoms with E-state index in [1.54, 1.807) is 0 Å². The quantitative estimate of drug-likeness (QED) is 0.867. The zero-order valence-electron chi connectivity index (χ0n) is 10.1. The van der Waals surface area contributed by atoms with Crippen molar-refractivity contribution >= 4 is 0 Å². The van der Waals surface area contributed by atoms with E-state index in [2.05, 4.69) is 40.7 Å². The number of hydrogen-bond acceptors (Lipinski definition) is 2. The van der Waals surface area contributed by atoms with Crippen molar-refractivity contribution in [2.45, 2.75) is 6.42 Å². The zero-order valence-corrected chi connectivity index (χ0v) is 10.1. The third-order valence-electron chi connectivity index (χ3n) is 3.41. The van der Waals surface area contributed by atoms with E-state index in [1.165, 1.54) is 11.3 Å². The third-order valence-corrected chi connectivity index (χ3v) is 3.41. The van der Waals surface area contributed by atoms with Gasteiger partial charge in [0.2, 0.25) is 0 Å². The number of nitrogens with zero attached hydrogens (tertiary/aromatic N) is 2. The van der Waals surface area contributed by atoms with Gasteiger partial charge in [-0.2, -0.15) is 5.10 Å². The fourth-order valence-electron chi connectivity index (χ4n) is 2.24. The molecule has 3 rings (SSSR count). The van der Waals surface area contributed by atoms with Gasteiger partial charge in [0.1, 0.15) is 0 Å². The minimum absolute atomic E-state index is 0.786. The summed E-state index contributed by atoms with van der Waals surface area (Å²) in [5, 5.41) is 7.90. The van der Waals surface area contributed by atoms with Gasteiger partial charge in [0.15, 0.2) is 0 Å². The van der Waals surface area contributed by atoms with Crippen molar-refractivity contribution in [1.82, 2.24) is 15.1 Å². The van der Waals surface area contributed by atoms with Crippen molar-refractivity contribution in [2.75, 3.05) is 13.1 Å². The summed E-state index contributed by atoms with van der Waals surface area (Å²) in [5.41, 5.74) is 3.60. The Morgan fingerprint density at radius 2 is 2.06 bits per heavy atom. The van der Waals surface area contributed by atoms with Crippen LogP contribution in [-0.4, -0.2) is 22.9 Å². The summed E-state index contributed by atoms with van der Waals surface area (Å²) in [7, 11) is 2.04. The number of rotatable bonds is 3. The summed E-state index contributed by atoms with van der Waals surface area (Å²) in [6.45, 7) is 2.29. The van der Waals surface area contributed by atoms with Gasteiger partial charge in [0.25, 0.3) is 0 Å². The average molecular weight is 227 g/mol. The van der Waals surface area contributed by atoms with Crippen molar-refractivity contribution in [3.05, 3.63) is 42.1 Å². The smallest absolute Gasteiger partial charge is 0.0925 e. The lowest BCUT2D eigenvalue weighted by atomic mass is 9.97. The first-order valence-electron chi connectivity index (χ1n) is 6.12. The Labute approximate surface area is 101 Å². The molecule has 1 saturated heterocycles. The second-order valence-corrected chi connectivity index (χ2v) is 4.74. The Bertz CT molecular complexity index is 497. The van der Waals surface area contributed by atoms with Crippen molar-refractivity contribution in [2.24, 2.45) is 13.0 Å². The third kappa shape index (κ3) is 2.11. The molecule has 0 bridgehead atoms. The van der Waals surface area contributed by atoms with Crippen LogP contribution in [0.2, 0.25) is 0 Å². The Morgan fingerprint density at radius 1 is 1.29 bits per heavy atom. The maximum atomic E-state index is 4.59. The first-order chi connectivity index (χ1) is 8.33. The van der Waals surface area contributed by atoms with Gasteiger partial charge in [-0.3, -0.25) is 4.68 Å². The van der Waals surface area contributed by atoms with Gasteiger partial charge in [0.05, 0.1) is 5.69 Å². The van der Waals surface area contributed by atoms with E-state index in [4.69, 9.17) is 0 Å². The van der Waals surface area contributed by atoms with Crippen LogP contribution in [0.5, 0.6) is 0 Å². The highest BCUT2D eigenvalue weighted by molar-refractivity contribution is 5.59. The molecule has 3 nitrogen and oxygen atoms in total. The predicted octanol–water partition coefficient (Wildman–Crippen LogP) is 1.85. The number of nitrogens with one attached hydrogen (secondary N) is 1. The topological polar surface area (TPSA) is 29.9 Å². The lowest BCUT2D eigenvalue weighted by Gasteiger charge is -2.26. The molecule has 0 amide bonds. The van der Waals surface area contributed by atoms with Gasteiger partial charge in [-0.15, -0.1) is 0 Å². The van der Waals surface area contributed by atoms with Gasteiger partial charge in [0, 0.05) is 18.3 Å². The summed E-state index contributed by atoms with van der Waals surface area (Å²) in [4.78, 5) is 0. The van der Waals surface area contributed by atoms with E-state index in [-0.39, 0.29) is 0 Å². The van der Waals surface area contributed by atoms with Gasteiger partial charge in [-0.1, -0.05) is 30.3 Å². The van der Waals surface area contributed by atoms with E-state index in [1.807, 2.05) is 17.8 Å². The van der Waals surface area contributed by atoms with Gasteiger partial charge >= 0.3 is 0 Å². The number of hydrogen-bond donors (Lipinski definition) is 1. The molecule has 0 aliphatic carbocycles. The molecule has 0 saturated carbocycles. The largest absolute Gasteiger partial charge is 0.316 e. The molecule has 0 radical (unpaired) electrons. The highest BCUT2D eigenvalue weighted by Crippen LogP contribution is 2.20. The van der Waals surface area contributed by atoms with E-state index < -0.39 is 0 Å². The summed E-state index contributed by atoms with van der Waals surface area (Å²) in [6.07, 6.45) is 1.13. The van der Waals surface area contributed by atoms with Crippen LogP contribution in [0.25, 0.3) is 11.3 Å². The van der Waals surface area contributed by atoms with E-state index >= 15 is 0 Å². The molecule has 1 aliphatic heterocycles. The molecule has 17 heavy (non-hydrogen) atoms. The van der Waals surface area contributed by atoms with Crippen molar-refractivity contribution in [1.29, 1.82) is 0 Å². The number of aromatic nitrogens is 2. The van der Waals surface area contributed by atoms with Crippen molar-refractivity contribution < 1.29 is 0 Å². The Balaban J connectivity index is 1.84. The average Bonchev–Trinajstić information content (AvgIpc) is 2.67. The number of benzene rings is 1. The molecule has 1 fully saturated rings. The van der Waals surface area contributed by atoms with Crippen LogP contribution in [0, 0.1) is 5.92 Å². The molecule has 1 aromatic heterocycles. The molecule has 0 atom stereocenters. The van der Waals surface area contributed by atoms with E-state index in [0.717, 1.165) is 31.1 Å². The van der Waals surface area contributed by atoms with Crippen LogP contribution in [0.15, 0.2) is 36.4 Å². The monoisotopic (exact) mass is 227 g/mol. The predicted molar refractivity (Wildman–Crippen MR) is 68.7 cm³/mol. The molecular formula is C14H17N3. The molecule has 0 spiro atoms. The molecule has 1 N–H and O–H groups in total. The molecule has 1 aliphatic rings. The summed E-state index contributed by atoms with van der Waals surface area (Å²) in [6, 6.07) is 12.6. The Morgan fingerprint density at radius 3 is 2.71 bits per heavy atom. The van der Waals surface area contributed by atoms with Crippen LogP contribution in [0.4, 0.5) is 0 Å². The zero-order chi connectivity index (χ0) is 11.7. The fraction of sp³-hybridized carbons (Fsp3) is 0.357. The van der Waals surface area contributed by atoms with Crippen LogP contribution in [-0.2, 0) is 13.5 Å². The molecule has 1 aromatic carbocycles. The normalized spacial score (nSPS) is 15.8. The SMILES string of the molecule is Cn1nc(-c2ccccc2)cc1CC1CNC1. The van der Waals surface area contributed by atoms with Crippen molar-refractivity contribution in [3.8, 4) is 11.3 Å². The standard InChI is InChI=1S/C14H17N3/c1-17-13(7-11-9-15-10-11)8-14(16-17)12-5-3-2-4-6-12/h2-6,8,11,15H,7,9-10H2,1H3. The van der Waals surface area contributed by atoms with Gasteiger partial charge in [-0.25, -0.2) is 0 Å². The molecular weight excluding hydrogens is 210 g/mol. The second kappa shape index (κ2) is 4.34. The fourth-order valence-corrected chi connectivity index (χ4v) is 2.24. The second-order valence-electron chi connectivity index (χ2n) is 4.74. The summed E-state index contributed by atoms with van der Waals surface area (Å²) >= 11 is 0. The summed E-state index contributed by atoms with van der Waals surface area (Å²) in [5.74, 6) is 0.786. The Hall–Kier alpha value is -1.61. The van der Waals surface area contributed by atoms with Crippen LogP contribution < -0.4 is 5.32 Å². The first-order valence-corrected chi connectivity index (χ1v) is 6.12. The Kier molecular flexibility index (Phi) is 2.69. The first kappa shape index (κ1) is 10.5. The van der Waals surface area contributed by atoms with Crippen LogP contribution >= 0.6 is 0 Å². The maximum Gasteiger partial charge on any atom is 0.0925 e. The van der Waals surface area contributed by atoms with Gasteiger partial charge in [-0.05, 0) is 31.5 Å². The van der Waals surface area contributed by atoms with E-state index in [9.17, 15) is 0 Å². The summed E-state index contributed by atoms with van der Waals surface area (Å²) < 4.78 is 2.01. The molecule has 3 heteroatoms. The molecule has 0 unspecified atom stereocenters. The van der Waals surface area contributed by atoms with E-state index in [0.29, 0.717) is 0 Å². The molecule has 2 heterocycles. The van der Waals surface area contributed by atoms with Crippen LogP contribution in [0.3, 0.4) is 0 Å². The lowest BCUT2D eigenvalue weighted by Crippen LogP contribution is -2.43. The number of aryl methyl sites for hydroxylation is 1.